The Balaban J connectivity index is 1.81. The lowest BCUT2D eigenvalue weighted by Gasteiger charge is -2.45. The van der Waals surface area contributed by atoms with E-state index in [0.29, 0.717) is 10.8 Å². The van der Waals surface area contributed by atoms with Gasteiger partial charge in [0.15, 0.2) is 11.6 Å². The van der Waals surface area contributed by atoms with Gasteiger partial charge in [-0.1, -0.05) is 43.7 Å². The minimum absolute atomic E-state index is 0.0697. The molecule has 0 saturated heterocycles. The zero-order valence-electron chi connectivity index (χ0n) is 17.8. The summed E-state index contributed by atoms with van der Waals surface area (Å²) in [7, 11) is 0. The molecule has 0 bridgehead atoms. The van der Waals surface area contributed by atoms with E-state index in [1.165, 1.54) is 0 Å². The molecule has 0 amide bonds. The van der Waals surface area contributed by atoms with Crippen LogP contribution in [0, 0.1) is 23.2 Å². The molecule has 6 heteroatoms. The van der Waals surface area contributed by atoms with E-state index in [1.54, 1.807) is 12.4 Å². The van der Waals surface area contributed by atoms with Crippen LogP contribution in [-0.4, -0.2) is 20.7 Å². The van der Waals surface area contributed by atoms with Crippen molar-refractivity contribution in [3.63, 3.8) is 0 Å². The summed E-state index contributed by atoms with van der Waals surface area (Å²) < 4.78 is 0. The first-order chi connectivity index (χ1) is 15.4. The standard InChI is InChI=1S/C26H21ClN4O/c1-15-21-8-7-20-22(16-3-5-19(27)6-4-16)30-25(17-9-11-29-12-10-17)31-24(20)26(21,2)13-18(14-28)23(15)32/h3-6,9-13,15,21H,7-8H2,1-2H3/t15-,21-,26-/m1/s1. The van der Waals surface area contributed by atoms with Gasteiger partial charge in [0.05, 0.1) is 17.0 Å². The summed E-state index contributed by atoms with van der Waals surface area (Å²) in [6.07, 6.45) is 6.90. The Morgan fingerprint density at radius 1 is 1.09 bits per heavy atom. The Labute approximate surface area is 191 Å². The summed E-state index contributed by atoms with van der Waals surface area (Å²) in [5.74, 6) is 0.387. The van der Waals surface area contributed by atoms with Crippen molar-refractivity contribution in [2.75, 3.05) is 0 Å². The smallest absolute Gasteiger partial charge is 0.176 e. The summed E-state index contributed by atoms with van der Waals surface area (Å²) >= 11 is 6.13. The van der Waals surface area contributed by atoms with Crippen molar-refractivity contribution in [1.29, 1.82) is 5.26 Å². The third-order valence-electron chi connectivity index (χ3n) is 6.90. The molecule has 1 aromatic carbocycles. The van der Waals surface area contributed by atoms with E-state index in [4.69, 9.17) is 21.6 Å². The first-order valence-electron chi connectivity index (χ1n) is 10.7. The lowest BCUT2D eigenvalue weighted by Crippen LogP contribution is -2.46. The molecule has 2 aliphatic rings. The number of allylic oxidation sites excluding steroid dienone is 2. The Morgan fingerprint density at radius 2 is 1.81 bits per heavy atom. The zero-order valence-corrected chi connectivity index (χ0v) is 18.6. The van der Waals surface area contributed by atoms with Gasteiger partial charge >= 0.3 is 0 Å². The Kier molecular flexibility index (Phi) is 4.91. The van der Waals surface area contributed by atoms with Gasteiger partial charge in [-0.2, -0.15) is 5.26 Å². The monoisotopic (exact) mass is 440 g/mol. The number of pyridine rings is 1. The largest absolute Gasteiger partial charge is 0.293 e. The number of nitrogens with zero attached hydrogens (tertiary/aromatic N) is 4. The number of nitriles is 1. The molecule has 2 aliphatic carbocycles. The van der Waals surface area contributed by atoms with Crippen LogP contribution in [-0.2, 0) is 16.6 Å². The molecular formula is C26H21ClN4O. The predicted molar refractivity (Wildman–Crippen MR) is 123 cm³/mol. The van der Waals surface area contributed by atoms with E-state index in [-0.39, 0.29) is 23.2 Å². The molecule has 5 rings (SSSR count). The maximum atomic E-state index is 12.7. The number of Topliss-reactive ketones (excluding diaryl/α,β-unsaturated/α-hetero) is 1. The van der Waals surface area contributed by atoms with E-state index in [9.17, 15) is 10.1 Å². The van der Waals surface area contributed by atoms with Crippen LogP contribution in [0.5, 0.6) is 0 Å². The van der Waals surface area contributed by atoms with Gasteiger partial charge in [0.1, 0.15) is 6.07 Å². The van der Waals surface area contributed by atoms with Crippen molar-refractivity contribution in [1.82, 2.24) is 15.0 Å². The Bertz CT molecular complexity index is 1290. The van der Waals surface area contributed by atoms with Gasteiger partial charge in [0.25, 0.3) is 0 Å². The SMILES string of the molecule is C[C@H]1C(=O)C(C#N)=C[C@@]2(C)c3nc(-c4ccncc4)nc(-c4ccc(Cl)cc4)c3CC[C@H]12. The van der Waals surface area contributed by atoms with Crippen LogP contribution in [0.3, 0.4) is 0 Å². The van der Waals surface area contributed by atoms with Crippen molar-refractivity contribution in [2.45, 2.75) is 32.1 Å². The summed E-state index contributed by atoms with van der Waals surface area (Å²) in [6.45, 7) is 4.04. The predicted octanol–water partition coefficient (Wildman–Crippen LogP) is 5.35. The second kappa shape index (κ2) is 7.65. The van der Waals surface area contributed by atoms with Gasteiger partial charge in [-0.25, -0.2) is 9.97 Å². The Morgan fingerprint density at radius 3 is 2.50 bits per heavy atom. The molecule has 2 aromatic heterocycles. The van der Waals surface area contributed by atoms with E-state index in [0.717, 1.165) is 40.9 Å². The van der Waals surface area contributed by atoms with Gasteiger partial charge in [-0.3, -0.25) is 9.78 Å². The third-order valence-corrected chi connectivity index (χ3v) is 7.15. The number of hydrogen-bond acceptors (Lipinski definition) is 5. The Hall–Kier alpha value is -3.36. The molecule has 0 aliphatic heterocycles. The maximum Gasteiger partial charge on any atom is 0.176 e. The van der Waals surface area contributed by atoms with E-state index in [1.807, 2.05) is 49.4 Å². The van der Waals surface area contributed by atoms with Crippen molar-refractivity contribution in [3.8, 4) is 28.7 Å². The van der Waals surface area contributed by atoms with Crippen molar-refractivity contribution < 1.29 is 4.79 Å². The van der Waals surface area contributed by atoms with Crippen LogP contribution in [0.25, 0.3) is 22.6 Å². The first kappa shape index (κ1) is 20.5. The normalized spacial score (nSPS) is 24.2. The number of halogens is 1. The van der Waals surface area contributed by atoms with Crippen LogP contribution >= 0.6 is 11.6 Å². The van der Waals surface area contributed by atoms with Gasteiger partial charge in [-0.15, -0.1) is 0 Å². The molecule has 0 unspecified atom stereocenters. The van der Waals surface area contributed by atoms with Crippen LogP contribution < -0.4 is 0 Å². The van der Waals surface area contributed by atoms with E-state index in [2.05, 4.69) is 18.0 Å². The number of aromatic nitrogens is 3. The fraction of sp³-hybridized carbons (Fsp3) is 0.269. The molecule has 3 aromatic rings. The molecule has 0 N–H and O–H groups in total. The van der Waals surface area contributed by atoms with Crippen molar-refractivity contribution in [3.05, 3.63) is 76.7 Å². The number of hydrogen-bond donors (Lipinski definition) is 0. The number of rotatable bonds is 2. The number of carbonyl (C=O) groups is 1. The summed E-state index contributed by atoms with van der Waals surface area (Å²) in [6, 6.07) is 13.6. The molecule has 158 valence electrons. The highest BCUT2D eigenvalue weighted by Gasteiger charge is 2.49. The lowest BCUT2D eigenvalue weighted by atomic mass is 9.57. The van der Waals surface area contributed by atoms with E-state index >= 15 is 0 Å². The first-order valence-corrected chi connectivity index (χ1v) is 11.0. The zero-order chi connectivity index (χ0) is 22.5. The highest BCUT2D eigenvalue weighted by atomic mass is 35.5. The molecule has 32 heavy (non-hydrogen) atoms. The topological polar surface area (TPSA) is 79.5 Å². The molecule has 0 saturated carbocycles. The van der Waals surface area contributed by atoms with Gasteiger partial charge in [0, 0.05) is 45.4 Å². The third kappa shape index (κ3) is 3.14. The minimum atomic E-state index is -0.530. The molecule has 5 nitrogen and oxygen atoms in total. The summed E-state index contributed by atoms with van der Waals surface area (Å²) in [4.78, 5) is 26.8. The van der Waals surface area contributed by atoms with Gasteiger partial charge in [0.2, 0.25) is 0 Å². The second-order valence-electron chi connectivity index (χ2n) is 8.72. The minimum Gasteiger partial charge on any atom is -0.293 e. The number of benzene rings is 1. The van der Waals surface area contributed by atoms with Crippen LogP contribution in [0.2, 0.25) is 5.02 Å². The van der Waals surface area contributed by atoms with E-state index < -0.39 is 5.41 Å². The second-order valence-corrected chi connectivity index (χ2v) is 9.15. The van der Waals surface area contributed by atoms with Gasteiger partial charge < -0.3 is 0 Å². The molecule has 0 spiro atoms. The van der Waals surface area contributed by atoms with Crippen molar-refractivity contribution in [2.24, 2.45) is 11.8 Å². The van der Waals surface area contributed by atoms with Crippen LogP contribution in [0.15, 0.2) is 60.4 Å². The molecule has 3 atom stereocenters. The molecular weight excluding hydrogens is 420 g/mol. The molecule has 0 radical (unpaired) electrons. The van der Waals surface area contributed by atoms with Crippen LogP contribution in [0.1, 0.15) is 31.5 Å². The molecule has 0 fully saturated rings. The summed E-state index contributed by atoms with van der Waals surface area (Å²) in [5, 5.41) is 10.3. The fourth-order valence-electron chi connectivity index (χ4n) is 5.25. The molecule has 2 heterocycles. The highest BCUT2D eigenvalue weighted by Crippen LogP contribution is 2.50. The van der Waals surface area contributed by atoms with Gasteiger partial charge in [-0.05, 0) is 43.0 Å². The van der Waals surface area contributed by atoms with Crippen LogP contribution in [0.4, 0.5) is 0 Å². The average molecular weight is 441 g/mol. The number of fused-ring (bicyclic) bond motifs is 3. The maximum absolute atomic E-state index is 12.7. The number of ketones is 1. The number of carbonyl (C=O) groups excluding carboxylic acids is 1. The summed E-state index contributed by atoms with van der Waals surface area (Å²) in [5.41, 5.74) is 4.36. The van der Waals surface area contributed by atoms with Crippen molar-refractivity contribution >= 4 is 17.4 Å². The fourth-order valence-corrected chi connectivity index (χ4v) is 5.38. The quantitative estimate of drug-likeness (QED) is 0.536. The lowest BCUT2D eigenvalue weighted by molar-refractivity contribution is -0.121. The average Bonchev–Trinajstić information content (AvgIpc) is 2.82. The highest BCUT2D eigenvalue weighted by molar-refractivity contribution is 6.30.